The van der Waals surface area contributed by atoms with Crippen LogP contribution in [0.2, 0.25) is 0 Å². The van der Waals surface area contributed by atoms with Gasteiger partial charge in [0.2, 0.25) is 0 Å². The van der Waals surface area contributed by atoms with E-state index in [1.165, 1.54) is 108 Å². The van der Waals surface area contributed by atoms with Crippen LogP contribution < -0.4 is 4.90 Å². The zero-order chi connectivity index (χ0) is 42.8. The van der Waals surface area contributed by atoms with E-state index in [-0.39, 0.29) is 0 Å². The van der Waals surface area contributed by atoms with E-state index in [4.69, 9.17) is 0 Å². The first-order valence-corrected chi connectivity index (χ1v) is 23.1. The highest BCUT2D eigenvalue weighted by atomic mass is 32.1. The van der Waals surface area contributed by atoms with Crippen molar-refractivity contribution in [1.82, 2.24) is 4.57 Å². The average molecular weight is 845 g/mol. The molecule has 0 radical (unpaired) electrons. The first kappa shape index (κ1) is 37.3. The number of rotatable bonds is 7. The standard InChI is InChI=1S/C62H40N2S/c1-2-13-50-44(12-1)28-29-47-40-46(34-39-51(47)50)43-32-37-49(38-33-43)63(60-22-11-18-56-55-17-6-10-23-61(55)65-62(56)60)48-35-30-42(31-36-48)41-24-26-45(27-25-41)52-14-3-7-19-57(52)64-58-20-8-4-15-53(58)54-16-5-9-21-59(54)64/h1-40H. The first-order chi connectivity index (χ1) is 32.2. The van der Waals surface area contributed by atoms with Crippen molar-refractivity contribution in [3.8, 4) is 39.1 Å². The summed E-state index contributed by atoms with van der Waals surface area (Å²) in [6.45, 7) is 0. The summed E-state index contributed by atoms with van der Waals surface area (Å²) < 4.78 is 4.99. The predicted molar refractivity (Wildman–Crippen MR) is 280 cm³/mol. The van der Waals surface area contributed by atoms with Gasteiger partial charge in [-0.2, -0.15) is 0 Å². The third kappa shape index (κ3) is 6.24. The van der Waals surface area contributed by atoms with E-state index in [0.29, 0.717) is 0 Å². The predicted octanol–water partition coefficient (Wildman–Crippen LogP) is 17.9. The Morgan fingerprint density at radius 3 is 1.55 bits per heavy atom. The van der Waals surface area contributed by atoms with Crippen LogP contribution in [-0.4, -0.2) is 4.57 Å². The van der Waals surface area contributed by atoms with E-state index in [2.05, 4.69) is 252 Å². The van der Waals surface area contributed by atoms with Crippen molar-refractivity contribution in [2.45, 2.75) is 0 Å². The van der Waals surface area contributed by atoms with Crippen LogP contribution in [0.15, 0.2) is 243 Å². The molecule has 65 heavy (non-hydrogen) atoms. The molecule has 304 valence electrons. The van der Waals surface area contributed by atoms with Crippen LogP contribution in [0, 0.1) is 0 Å². The van der Waals surface area contributed by atoms with Crippen molar-refractivity contribution in [1.29, 1.82) is 0 Å². The van der Waals surface area contributed by atoms with Crippen LogP contribution in [0.3, 0.4) is 0 Å². The van der Waals surface area contributed by atoms with Crippen molar-refractivity contribution in [3.05, 3.63) is 243 Å². The lowest BCUT2D eigenvalue weighted by Gasteiger charge is -2.26. The molecule has 3 heteroatoms. The molecular weight excluding hydrogens is 805 g/mol. The molecule has 13 aromatic rings. The monoisotopic (exact) mass is 844 g/mol. The number of aromatic nitrogens is 1. The third-order valence-electron chi connectivity index (χ3n) is 13.2. The van der Waals surface area contributed by atoms with Gasteiger partial charge in [-0.25, -0.2) is 0 Å². The van der Waals surface area contributed by atoms with Gasteiger partial charge in [0.15, 0.2) is 0 Å². The minimum atomic E-state index is 1.11. The molecule has 0 unspecified atom stereocenters. The van der Waals surface area contributed by atoms with Gasteiger partial charge < -0.3 is 9.47 Å². The lowest BCUT2D eigenvalue weighted by Crippen LogP contribution is -2.10. The van der Waals surface area contributed by atoms with Gasteiger partial charge in [0.1, 0.15) is 0 Å². The Morgan fingerprint density at radius 1 is 0.323 bits per heavy atom. The highest BCUT2D eigenvalue weighted by Gasteiger charge is 2.19. The smallest absolute Gasteiger partial charge is 0.0640 e. The summed E-state index contributed by atoms with van der Waals surface area (Å²) in [7, 11) is 0. The second-order valence-electron chi connectivity index (χ2n) is 16.9. The van der Waals surface area contributed by atoms with Gasteiger partial charge in [0.25, 0.3) is 0 Å². The van der Waals surface area contributed by atoms with Gasteiger partial charge in [-0.15, -0.1) is 11.3 Å². The normalized spacial score (nSPS) is 11.7. The molecule has 0 saturated heterocycles. The molecule has 0 aliphatic heterocycles. The zero-order valence-electron chi connectivity index (χ0n) is 35.4. The Labute approximate surface area is 381 Å². The van der Waals surface area contributed by atoms with Crippen molar-refractivity contribution in [2.75, 3.05) is 4.90 Å². The zero-order valence-corrected chi connectivity index (χ0v) is 36.2. The highest BCUT2D eigenvalue weighted by molar-refractivity contribution is 7.26. The van der Waals surface area contributed by atoms with Crippen molar-refractivity contribution < 1.29 is 0 Å². The number of para-hydroxylation sites is 3. The van der Waals surface area contributed by atoms with Crippen LogP contribution in [0.1, 0.15) is 0 Å². The molecule has 0 spiro atoms. The number of anilines is 3. The lowest BCUT2D eigenvalue weighted by atomic mass is 9.97. The van der Waals surface area contributed by atoms with Crippen LogP contribution in [0.25, 0.3) is 103 Å². The fourth-order valence-corrected chi connectivity index (χ4v) is 11.3. The molecule has 0 amide bonds. The SMILES string of the molecule is c1ccc(-n2c3ccccc3c3ccccc32)c(-c2ccc(-c3ccc(N(c4ccc(-c5ccc6c(ccc7ccccc76)c5)cc4)c4cccc5c4sc4ccccc45)cc3)cc2)c1. The molecule has 2 aromatic heterocycles. The molecule has 0 N–H and O–H groups in total. The molecule has 0 atom stereocenters. The molecule has 2 nitrogen and oxygen atoms in total. The summed E-state index contributed by atoms with van der Waals surface area (Å²) in [5.41, 5.74) is 14.2. The summed E-state index contributed by atoms with van der Waals surface area (Å²) in [6.07, 6.45) is 0. The van der Waals surface area contributed by atoms with Crippen molar-refractivity contribution >= 4 is 91.9 Å². The van der Waals surface area contributed by atoms with E-state index >= 15 is 0 Å². The van der Waals surface area contributed by atoms with Gasteiger partial charge in [-0.1, -0.05) is 182 Å². The lowest BCUT2D eigenvalue weighted by molar-refractivity contribution is 1.18. The molecule has 0 fully saturated rings. The minimum absolute atomic E-state index is 1.11. The molecule has 0 aliphatic carbocycles. The van der Waals surface area contributed by atoms with E-state index < -0.39 is 0 Å². The Kier molecular flexibility index (Phi) is 8.75. The topological polar surface area (TPSA) is 8.17 Å². The summed E-state index contributed by atoms with van der Waals surface area (Å²) in [5.74, 6) is 0. The molecular formula is C62H40N2S. The van der Waals surface area contributed by atoms with Gasteiger partial charge in [-0.05, 0) is 110 Å². The molecule has 2 heterocycles. The second kappa shape index (κ2) is 15.2. The summed E-state index contributed by atoms with van der Waals surface area (Å²) in [6, 6.07) is 88.9. The van der Waals surface area contributed by atoms with E-state index in [9.17, 15) is 0 Å². The van der Waals surface area contributed by atoms with Crippen LogP contribution in [0.4, 0.5) is 17.1 Å². The summed E-state index contributed by atoms with van der Waals surface area (Å²) >= 11 is 1.86. The quantitative estimate of drug-likeness (QED) is 0.145. The number of fused-ring (bicyclic) bond motifs is 9. The van der Waals surface area contributed by atoms with E-state index in [1.807, 2.05) is 11.3 Å². The maximum Gasteiger partial charge on any atom is 0.0640 e. The molecule has 13 rings (SSSR count). The Hall–Kier alpha value is -8.24. The number of hydrogen-bond donors (Lipinski definition) is 0. The van der Waals surface area contributed by atoms with Gasteiger partial charge in [0.05, 0.1) is 27.1 Å². The first-order valence-electron chi connectivity index (χ1n) is 22.2. The third-order valence-corrected chi connectivity index (χ3v) is 14.4. The molecule has 0 bridgehead atoms. The van der Waals surface area contributed by atoms with Crippen LogP contribution in [0.5, 0.6) is 0 Å². The van der Waals surface area contributed by atoms with Gasteiger partial charge >= 0.3 is 0 Å². The van der Waals surface area contributed by atoms with Crippen LogP contribution >= 0.6 is 11.3 Å². The van der Waals surface area contributed by atoms with Crippen molar-refractivity contribution in [3.63, 3.8) is 0 Å². The van der Waals surface area contributed by atoms with Crippen molar-refractivity contribution in [2.24, 2.45) is 0 Å². The number of nitrogens with zero attached hydrogens (tertiary/aromatic N) is 2. The fraction of sp³-hybridized carbons (Fsp3) is 0. The number of thiophene rings is 1. The molecule has 11 aromatic carbocycles. The Bertz CT molecular complexity index is 3880. The maximum absolute atomic E-state index is 2.42. The summed E-state index contributed by atoms with van der Waals surface area (Å²) in [5, 5.41) is 10.2. The van der Waals surface area contributed by atoms with E-state index in [0.717, 1.165) is 11.4 Å². The minimum Gasteiger partial charge on any atom is -0.309 e. The van der Waals surface area contributed by atoms with Crippen LogP contribution in [-0.2, 0) is 0 Å². The number of hydrogen-bond acceptors (Lipinski definition) is 2. The maximum atomic E-state index is 2.42. The Balaban J connectivity index is 0.863. The molecule has 0 saturated carbocycles. The van der Waals surface area contributed by atoms with Gasteiger partial charge in [-0.3, -0.25) is 0 Å². The average Bonchev–Trinajstić information content (AvgIpc) is 3.93. The van der Waals surface area contributed by atoms with Gasteiger partial charge in [0, 0.05) is 43.2 Å². The van der Waals surface area contributed by atoms with E-state index in [1.54, 1.807) is 0 Å². The largest absolute Gasteiger partial charge is 0.309 e. The fourth-order valence-electron chi connectivity index (χ4n) is 10.1. The number of benzene rings is 11. The summed E-state index contributed by atoms with van der Waals surface area (Å²) in [4.78, 5) is 2.42. The Morgan fingerprint density at radius 2 is 0.831 bits per heavy atom. The second-order valence-corrected chi connectivity index (χ2v) is 17.9. The molecule has 0 aliphatic rings. The highest BCUT2D eigenvalue weighted by Crippen LogP contribution is 2.46.